The lowest BCUT2D eigenvalue weighted by molar-refractivity contribution is -0.138. The predicted molar refractivity (Wildman–Crippen MR) is 236 cm³/mol. The van der Waals surface area contributed by atoms with E-state index in [9.17, 15) is 35.9 Å². The number of amides is 2. The molecule has 11 nitrogen and oxygen atoms in total. The quantitative estimate of drug-likeness (QED) is 0.118. The van der Waals surface area contributed by atoms with Gasteiger partial charge in [0.2, 0.25) is 0 Å². The minimum atomic E-state index is -4.34. The summed E-state index contributed by atoms with van der Waals surface area (Å²) < 4.78 is 87.1. The molecule has 2 N–H and O–H groups in total. The number of nitrogens with one attached hydrogen (secondary N) is 2. The zero-order valence-electron chi connectivity index (χ0n) is 36.2. The van der Waals surface area contributed by atoms with Gasteiger partial charge in [-0.05, 0) is 95.8 Å². The van der Waals surface area contributed by atoms with Crippen LogP contribution in [-0.4, -0.2) is 112 Å². The highest BCUT2D eigenvalue weighted by molar-refractivity contribution is 5.71. The molecule has 0 unspecified atom stereocenters. The Morgan fingerprint density at radius 2 is 0.909 bits per heavy atom. The van der Waals surface area contributed by atoms with Gasteiger partial charge < -0.3 is 29.2 Å². The molecular weight excluding hydrogens is 865 g/mol. The molecule has 66 heavy (non-hydrogen) atoms. The second kappa shape index (κ2) is 22.1. The van der Waals surface area contributed by atoms with Gasteiger partial charge in [-0.25, -0.2) is 14.6 Å². The van der Waals surface area contributed by atoms with E-state index in [0.717, 1.165) is 104 Å². The molecule has 0 atom stereocenters. The maximum absolute atomic E-state index is 12.7. The Hall–Kier alpha value is -6.59. The van der Waals surface area contributed by atoms with Crippen LogP contribution in [0, 0.1) is 0 Å². The van der Waals surface area contributed by atoms with Crippen LogP contribution in [0.15, 0.2) is 128 Å². The molecular formula is C49H51F6N7O4. The van der Waals surface area contributed by atoms with Crippen LogP contribution in [0.2, 0.25) is 0 Å². The van der Waals surface area contributed by atoms with Gasteiger partial charge in [0, 0.05) is 102 Å². The highest BCUT2D eigenvalue weighted by Gasteiger charge is 2.31. The van der Waals surface area contributed by atoms with E-state index in [1.165, 1.54) is 30.0 Å². The predicted octanol–water partition coefficient (Wildman–Crippen LogP) is 9.36. The van der Waals surface area contributed by atoms with E-state index >= 15 is 0 Å². The Labute approximate surface area is 379 Å². The number of H-pyrrole nitrogens is 2. The molecule has 2 aromatic heterocycles. The van der Waals surface area contributed by atoms with Crippen molar-refractivity contribution in [2.45, 2.75) is 38.0 Å². The number of imidazole rings is 1. The first-order valence-electron chi connectivity index (χ1n) is 21.7. The van der Waals surface area contributed by atoms with E-state index < -0.39 is 23.5 Å². The number of carbonyl (C=O) groups excluding carboxylic acids is 2. The Bertz CT molecular complexity index is 2220. The van der Waals surface area contributed by atoms with Gasteiger partial charge in [0.1, 0.15) is 11.5 Å². The molecule has 4 heterocycles. The van der Waals surface area contributed by atoms with Crippen molar-refractivity contribution in [1.82, 2.24) is 34.6 Å². The van der Waals surface area contributed by atoms with Crippen LogP contribution in [-0.2, 0) is 38.0 Å². The van der Waals surface area contributed by atoms with Crippen molar-refractivity contribution in [1.29, 1.82) is 0 Å². The Balaban J connectivity index is 0.000000196. The van der Waals surface area contributed by atoms with Gasteiger partial charge in [-0.2, -0.15) is 26.3 Å². The minimum absolute atomic E-state index is 0.366. The molecule has 0 radical (unpaired) electrons. The Morgan fingerprint density at radius 3 is 1.26 bits per heavy atom. The van der Waals surface area contributed by atoms with E-state index in [1.807, 2.05) is 42.7 Å². The van der Waals surface area contributed by atoms with Gasteiger partial charge in [0.05, 0.1) is 17.5 Å². The van der Waals surface area contributed by atoms with Crippen LogP contribution in [0.3, 0.4) is 0 Å². The lowest BCUT2D eigenvalue weighted by Crippen LogP contribution is -2.49. The third-order valence-corrected chi connectivity index (χ3v) is 11.5. The summed E-state index contributed by atoms with van der Waals surface area (Å²) in [6.07, 6.45) is -1.16. The van der Waals surface area contributed by atoms with Gasteiger partial charge in [0.15, 0.2) is 0 Å². The number of carbonyl (C=O) groups is 2. The summed E-state index contributed by atoms with van der Waals surface area (Å²) in [7, 11) is 0. The number of aromatic amines is 2. The summed E-state index contributed by atoms with van der Waals surface area (Å²) in [5, 5.41) is 0. The minimum Gasteiger partial charge on any atom is -0.410 e. The number of nitrogens with zero attached hydrogens (tertiary/aromatic N) is 5. The molecule has 2 saturated heterocycles. The second-order valence-corrected chi connectivity index (χ2v) is 16.2. The summed E-state index contributed by atoms with van der Waals surface area (Å²) in [4.78, 5) is 43.3. The largest absolute Gasteiger partial charge is 0.416 e. The summed E-state index contributed by atoms with van der Waals surface area (Å²) in [5.41, 5.74) is 4.38. The number of hydrogen-bond donors (Lipinski definition) is 2. The smallest absolute Gasteiger partial charge is 0.410 e. The zero-order valence-corrected chi connectivity index (χ0v) is 36.2. The lowest BCUT2D eigenvalue weighted by Gasteiger charge is -2.33. The first-order chi connectivity index (χ1) is 31.7. The van der Waals surface area contributed by atoms with E-state index in [0.29, 0.717) is 50.5 Å². The van der Waals surface area contributed by atoms with Crippen molar-refractivity contribution in [3.63, 3.8) is 0 Å². The summed E-state index contributed by atoms with van der Waals surface area (Å²) in [6, 6.07) is 28.4. The first kappa shape index (κ1) is 47.4. The molecule has 0 bridgehead atoms. The normalized spacial score (nSPS) is 14.9. The number of piperazine rings is 2. The molecule has 2 fully saturated rings. The number of ether oxygens (including phenoxy) is 2. The number of alkyl halides is 6. The molecule has 8 rings (SSSR count). The fourth-order valence-corrected chi connectivity index (χ4v) is 7.59. The number of rotatable bonds is 12. The van der Waals surface area contributed by atoms with Crippen molar-refractivity contribution in [2.75, 3.05) is 65.4 Å². The van der Waals surface area contributed by atoms with Crippen LogP contribution >= 0.6 is 0 Å². The zero-order chi connectivity index (χ0) is 46.5. The SMILES string of the molecule is O=C(Oc1ccc(Cc2ccc(C(F)(F)F)cc2)cc1)N1CCN(CCc2ccc[nH]2)CC1.O=C(Oc1ccc(Cc2ccc(C(F)(F)F)cc2)cc1)N1CCN(CCc2cnc[nH]2)CC1. The molecule has 17 heteroatoms. The molecule has 0 aliphatic carbocycles. The van der Waals surface area contributed by atoms with E-state index in [2.05, 4.69) is 30.8 Å². The van der Waals surface area contributed by atoms with Gasteiger partial charge in [-0.1, -0.05) is 48.5 Å². The Kier molecular flexibility index (Phi) is 15.8. The first-order valence-corrected chi connectivity index (χ1v) is 21.7. The topological polar surface area (TPSA) is 110 Å². The van der Waals surface area contributed by atoms with Crippen molar-refractivity contribution in [3.05, 3.63) is 173 Å². The van der Waals surface area contributed by atoms with Gasteiger partial charge in [0.25, 0.3) is 0 Å². The molecule has 4 aromatic carbocycles. The number of aromatic nitrogens is 3. The van der Waals surface area contributed by atoms with E-state index in [-0.39, 0.29) is 12.2 Å². The average molecular weight is 916 g/mol. The van der Waals surface area contributed by atoms with Gasteiger partial charge in [-0.3, -0.25) is 9.80 Å². The molecule has 0 spiro atoms. The summed E-state index contributed by atoms with van der Waals surface area (Å²) in [6.45, 7) is 7.50. The molecule has 0 saturated carbocycles. The van der Waals surface area contributed by atoms with Crippen LogP contribution in [0.25, 0.3) is 0 Å². The maximum Gasteiger partial charge on any atom is 0.416 e. The lowest BCUT2D eigenvalue weighted by atomic mass is 10.0. The fraction of sp³-hybridized carbons (Fsp3) is 0.327. The van der Waals surface area contributed by atoms with E-state index in [4.69, 9.17) is 9.47 Å². The van der Waals surface area contributed by atoms with Crippen LogP contribution in [0.4, 0.5) is 35.9 Å². The Morgan fingerprint density at radius 1 is 0.515 bits per heavy atom. The molecule has 348 valence electrons. The summed E-state index contributed by atoms with van der Waals surface area (Å²) >= 11 is 0. The fourth-order valence-electron chi connectivity index (χ4n) is 7.59. The number of hydrogen-bond acceptors (Lipinski definition) is 7. The third-order valence-electron chi connectivity index (χ3n) is 11.5. The van der Waals surface area contributed by atoms with Crippen LogP contribution < -0.4 is 9.47 Å². The summed E-state index contributed by atoms with van der Waals surface area (Å²) in [5.74, 6) is 0.892. The second-order valence-electron chi connectivity index (χ2n) is 16.2. The highest BCUT2D eigenvalue weighted by Crippen LogP contribution is 2.31. The van der Waals surface area contributed by atoms with Gasteiger partial charge >= 0.3 is 24.5 Å². The van der Waals surface area contributed by atoms with Crippen molar-refractivity contribution in [3.8, 4) is 11.5 Å². The molecule has 6 aromatic rings. The number of halogens is 6. The van der Waals surface area contributed by atoms with Gasteiger partial charge in [-0.15, -0.1) is 0 Å². The number of benzene rings is 4. The van der Waals surface area contributed by atoms with E-state index in [1.54, 1.807) is 40.4 Å². The maximum atomic E-state index is 12.7. The average Bonchev–Trinajstić information content (AvgIpc) is 4.05. The standard InChI is InChI=1S/C25H26F3N3O2.C24H25F3N4O2/c26-25(27,28)21-7-3-19(4-8-21)18-20-5-9-23(10-6-20)33-24(32)31-16-14-30(15-17-31)13-11-22-2-1-12-29-22;25-24(26,27)20-5-1-18(2-6-20)15-19-3-7-22(8-4-19)33-23(32)31-13-11-30(12-14-31)10-9-21-16-28-17-29-21/h1-10,12,29H,11,13-18H2;1-8,16-17H,9-15H2,(H,28,29). The van der Waals surface area contributed by atoms with Crippen molar-refractivity contribution < 1.29 is 45.4 Å². The van der Waals surface area contributed by atoms with Crippen LogP contribution in [0.5, 0.6) is 11.5 Å². The third kappa shape index (κ3) is 14.2. The monoisotopic (exact) mass is 915 g/mol. The van der Waals surface area contributed by atoms with Crippen molar-refractivity contribution in [2.24, 2.45) is 0 Å². The highest BCUT2D eigenvalue weighted by atomic mass is 19.4. The van der Waals surface area contributed by atoms with Crippen molar-refractivity contribution >= 4 is 12.2 Å². The molecule has 2 aliphatic rings. The van der Waals surface area contributed by atoms with Crippen LogP contribution in [0.1, 0.15) is 44.8 Å². The molecule has 2 aliphatic heterocycles. The molecule has 2 amide bonds.